The molecule has 0 aromatic carbocycles. The van der Waals surface area contributed by atoms with Crippen molar-refractivity contribution in [1.82, 2.24) is 10.3 Å². The fourth-order valence-corrected chi connectivity index (χ4v) is 3.21. The molecule has 0 radical (unpaired) electrons. The summed E-state index contributed by atoms with van der Waals surface area (Å²) in [6.07, 6.45) is 6.16. The van der Waals surface area contributed by atoms with E-state index in [0.29, 0.717) is 17.8 Å². The van der Waals surface area contributed by atoms with E-state index >= 15 is 0 Å². The molecular weight excluding hydrogens is 212 g/mol. The number of carbonyl (C=O) groups is 1. The summed E-state index contributed by atoms with van der Waals surface area (Å²) in [7, 11) is 0. The first-order valence-corrected chi connectivity index (χ1v) is 6.46. The van der Waals surface area contributed by atoms with Gasteiger partial charge in [0.1, 0.15) is 5.69 Å². The van der Waals surface area contributed by atoms with E-state index in [1.165, 1.54) is 12.8 Å². The third-order valence-electron chi connectivity index (χ3n) is 4.09. The Balaban J connectivity index is 1.81. The van der Waals surface area contributed by atoms with E-state index in [1.807, 2.05) is 19.1 Å². The largest absolute Gasteiger partial charge is 0.311 e. The summed E-state index contributed by atoms with van der Waals surface area (Å²) in [6.45, 7) is 1.97. The number of aryl methyl sites for hydroxylation is 1. The van der Waals surface area contributed by atoms with Crippen LogP contribution in [0.3, 0.4) is 0 Å². The van der Waals surface area contributed by atoms with E-state index < -0.39 is 0 Å². The van der Waals surface area contributed by atoms with Gasteiger partial charge in [-0.25, -0.2) is 0 Å². The molecule has 3 nitrogen and oxygen atoms in total. The highest BCUT2D eigenvalue weighted by Crippen LogP contribution is 2.32. The molecule has 1 N–H and O–H groups in total. The summed E-state index contributed by atoms with van der Waals surface area (Å²) in [5.74, 6) is 0.434. The number of rotatable bonds is 2. The first kappa shape index (κ1) is 10.9. The Kier molecular flexibility index (Phi) is 2.71. The normalized spacial score (nSPS) is 31.5. The monoisotopic (exact) mass is 230 g/mol. The average Bonchev–Trinajstić information content (AvgIpc) is 2.68. The highest BCUT2D eigenvalue weighted by atomic mass is 16.1. The van der Waals surface area contributed by atoms with Crippen LogP contribution >= 0.6 is 0 Å². The van der Waals surface area contributed by atoms with Gasteiger partial charge in [-0.3, -0.25) is 9.78 Å². The second-order valence-electron chi connectivity index (χ2n) is 5.34. The molecule has 0 aliphatic carbocycles. The first-order chi connectivity index (χ1) is 8.24. The maximum absolute atomic E-state index is 12.4. The van der Waals surface area contributed by atoms with Crippen molar-refractivity contribution in [1.29, 1.82) is 0 Å². The Morgan fingerprint density at radius 3 is 2.71 bits per heavy atom. The van der Waals surface area contributed by atoms with Gasteiger partial charge < -0.3 is 5.32 Å². The molecule has 3 heterocycles. The SMILES string of the molecule is Cc1cccnc1C(=O)C1CC2CCC(C1)N2. The van der Waals surface area contributed by atoms with E-state index in [-0.39, 0.29) is 11.7 Å². The highest BCUT2D eigenvalue weighted by Gasteiger charge is 2.37. The molecule has 2 unspecified atom stereocenters. The van der Waals surface area contributed by atoms with Crippen molar-refractivity contribution in [2.45, 2.75) is 44.7 Å². The van der Waals surface area contributed by atoms with Gasteiger partial charge in [0, 0.05) is 24.2 Å². The van der Waals surface area contributed by atoms with Crippen LogP contribution in [0.25, 0.3) is 0 Å². The van der Waals surface area contributed by atoms with Gasteiger partial charge >= 0.3 is 0 Å². The molecule has 2 aliphatic rings. The van der Waals surface area contributed by atoms with Crippen molar-refractivity contribution in [3.63, 3.8) is 0 Å². The average molecular weight is 230 g/mol. The Morgan fingerprint density at radius 1 is 1.35 bits per heavy atom. The molecule has 1 aromatic rings. The van der Waals surface area contributed by atoms with Crippen LogP contribution in [0.2, 0.25) is 0 Å². The van der Waals surface area contributed by atoms with Gasteiger partial charge in [0.05, 0.1) is 0 Å². The van der Waals surface area contributed by atoms with Crippen molar-refractivity contribution in [3.05, 3.63) is 29.6 Å². The molecule has 3 rings (SSSR count). The zero-order valence-electron chi connectivity index (χ0n) is 10.1. The van der Waals surface area contributed by atoms with Crippen LogP contribution in [0.15, 0.2) is 18.3 Å². The number of nitrogens with one attached hydrogen (secondary N) is 1. The van der Waals surface area contributed by atoms with Crippen LogP contribution in [0, 0.1) is 12.8 Å². The molecule has 0 amide bonds. The number of hydrogen-bond acceptors (Lipinski definition) is 3. The number of nitrogens with zero attached hydrogens (tertiary/aromatic N) is 1. The quantitative estimate of drug-likeness (QED) is 0.791. The standard InChI is InChI=1S/C14H18N2O/c1-9-3-2-6-15-13(9)14(17)10-7-11-4-5-12(8-10)16-11/h2-3,6,10-12,16H,4-5,7-8H2,1H3. The number of aromatic nitrogens is 1. The third-order valence-corrected chi connectivity index (χ3v) is 4.09. The Labute approximate surface area is 102 Å². The number of fused-ring (bicyclic) bond motifs is 2. The molecule has 0 spiro atoms. The number of carbonyl (C=O) groups excluding carboxylic acids is 1. The van der Waals surface area contributed by atoms with E-state index in [4.69, 9.17) is 0 Å². The predicted molar refractivity (Wildman–Crippen MR) is 66.0 cm³/mol. The van der Waals surface area contributed by atoms with Crippen molar-refractivity contribution in [2.75, 3.05) is 0 Å². The number of hydrogen-bond donors (Lipinski definition) is 1. The van der Waals surface area contributed by atoms with Crippen molar-refractivity contribution < 1.29 is 4.79 Å². The fraction of sp³-hybridized carbons (Fsp3) is 0.571. The first-order valence-electron chi connectivity index (χ1n) is 6.46. The molecule has 2 saturated heterocycles. The minimum atomic E-state index is 0.183. The van der Waals surface area contributed by atoms with Gasteiger partial charge in [-0.15, -0.1) is 0 Å². The minimum Gasteiger partial charge on any atom is -0.311 e. The van der Waals surface area contributed by atoms with Crippen LogP contribution in [0.1, 0.15) is 41.7 Å². The molecule has 2 atom stereocenters. The maximum Gasteiger partial charge on any atom is 0.184 e. The summed E-state index contributed by atoms with van der Waals surface area (Å²) in [6, 6.07) is 4.98. The zero-order chi connectivity index (χ0) is 11.8. The zero-order valence-corrected chi connectivity index (χ0v) is 10.1. The van der Waals surface area contributed by atoms with Crippen LogP contribution in [-0.4, -0.2) is 22.9 Å². The van der Waals surface area contributed by atoms with Crippen molar-refractivity contribution in [3.8, 4) is 0 Å². The lowest BCUT2D eigenvalue weighted by Gasteiger charge is -2.28. The lowest BCUT2D eigenvalue weighted by atomic mass is 9.86. The fourth-order valence-electron chi connectivity index (χ4n) is 3.21. The number of piperidine rings is 1. The summed E-state index contributed by atoms with van der Waals surface area (Å²) in [5, 5.41) is 3.57. The Hall–Kier alpha value is -1.22. The van der Waals surface area contributed by atoms with E-state index in [1.54, 1.807) is 6.20 Å². The third kappa shape index (κ3) is 2.00. The predicted octanol–water partition coefficient (Wildman–Crippen LogP) is 2.10. The molecule has 2 fully saturated rings. The second kappa shape index (κ2) is 4.22. The molecule has 1 aromatic heterocycles. The second-order valence-corrected chi connectivity index (χ2v) is 5.34. The Bertz CT molecular complexity index is 432. The van der Waals surface area contributed by atoms with Crippen LogP contribution in [0.4, 0.5) is 0 Å². The highest BCUT2D eigenvalue weighted by molar-refractivity contribution is 5.97. The molecule has 2 bridgehead atoms. The van der Waals surface area contributed by atoms with Crippen molar-refractivity contribution >= 4 is 5.78 Å². The summed E-state index contributed by atoms with van der Waals surface area (Å²) < 4.78 is 0. The molecule has 0 saturated carbocycles. The van der Waals surface area contributed by atoms with Crippen LogP contribution in [0.5, 0.6) is 0 Å². The van der Waals surface area contributed by atoms with Gasteiger partial charge in [-0.2, -0.15) is 0 Å². The number of Topliss-reactive ketones (excluding diaryl/α,β-unsaturated/α-hetero) is 1. The van der Waals surface area contributed by atoms with Gasteiger partial charge in [-0.1, -0.05) is 6.07 Å². The van der Waals surface area contributed by atoms with Crippen molar-refractivity contribution in [2.24, 2.45) is 5.92 Å². The summed E-state index contributed by atoms with van der Waals surface area (Å²) in [5.41, 5.74) is 1.68. The van der Waals surface area contributed by atoms with Gasteiger partial charge in [0.15, 0.2) is 5.78 Å². The lowest BCUT2D eigenvalue weighted by molar-refractivity contribution is 0.0869. The maximum atomic E-state index is 12.4. The molecule has 2 aliphatic heterocycles. The van der Waals surface area contributed by atoms with Gasteiger partial charge in [-0.05, 0) is 44.2 Å². The van der Waals surface area contributed by atoms with Crippen LogP contribution < -0.4 is 5.32 Å². The number of ketones is 1. The lowest BCUT2D eigenvalue weighted by Crippen LogP contribution is -2.40. The van der Waals surface area contributed by atoms with Crippen LogP contribution in [-0.2, 0) is 0 Å². The van der Waals surface area contributed by atoms with E-state index in [9.17, 15) is 4.79 Å². The molecule has 90 valence electrons. The molecule has 3 heteroatoms. The van der Waals surface area contributed by atoms with E-state index in [2.05, 4.69) is 10.3 Å². The van der Waals surface area contributed by atoms with Gasteiger partial charge in [0.2, 0.25) is 0 Å². The summed E-state index contributed by atoms with van der Waals surface area (Å²) >= 11 is 0. The number of pyridine rings is 1. The summed E-state index contributed by atoms with van der Waals surface area (Å²) in [4.78, 5) is 16.7. The minimum absolute atomic E-state index is 0.183. The Morgan fingerprint density at radius 2 is 2.06 bits per heavy atom. The molecule has 17 heavy (non-hydrogen) atoms. The van der Waals surface area contributed by atoms with E-state index in [0.717, 1.165) is 18.4 Å². The molecular formula is C14H18N2O. The topological polar surface area (TPSA) is 42.0 Å². The smallest absolute Gasteiger partial charge is 0.184 e. The van der Waals surface area contributed by atoms with Gasteiger partial charge in [0.25, 0.3) is 0 Å².